The van der Waals surface area contributed by atoms with Crippen LogP contribution in [0, 0.1) is 0 Å². The van der Waals surface area contributed by atoms with Crippen LogP contribution in [0.4, 0.5) is 5.69 Å². The molecule has 7 heteroatoms. The first-order chi connectivity index (χ1) is 8.62. The molecule has 1 aliphatic heterocycles. The number of nitrogens with one attached hydrogen (secondary N) is 2. The van der Waals surface area contributed by atoms with Crippen LogP contribution >= 0.6 is 11.8 Å². The zero-order valence-corrected chi connectivity index (χ0v) is 11.6. The van der Waals surface area contributed by atoms with E-state index in [-0.39, 0.29) is 10.9 Å². The molecule has 4 N–H and O–H groups in total. The molecule has 1 aliphatic rings. The number of hydrogen-bond acceptors (Lipinski definition) is 5. The molecule has 18 heavy (non-hydrogen) atoms. The Kier molecular flexibility index (Phi) is 4.50. The van der Waals surface area contributed by atoms with Gasteiger partial charge in [-0.25, -0.2) is 13.1 Å². The average molecular weight is 287 g/mol. The summed E-state index contributed by atoms with van der Waals surface area (Å²) in [5.41, 5.74) is 3.15. The molecule has 0 amide bonds. The third-order valence-corrected chi connectivity index (χ3v) is 5.57. The Morgan fingerprint density at radius 1 is 1.28 bits per heavy atom. The van der Waals surface area contributed by atoms with Gasteiger partial charge in [-0.3, -0.25) is 5.84 Å². The molecule has 0 spiro atoms. The summed E-state index contributed by atoms with van der Waals surface area (Å²) >= 11 is 1.79. The first-order valence-corrected chi connectivity index (χ1v) is 8.42. The van der Waals surface area contributed by atoms with Crippen molar-refractivity contribution < 1.29 is 8.42 Å². The van der Waals surface area contributed by atoms with Crippen LogP contribution in [0.3, 0.4) is 0 Å². The van der Waals surface area contributed by atoms with Crippen LogP contribution < -0.4 is 16.0 Å². The van der Waals surface area contributed by atoms with Crippen LogP contribution in [-0.2, 0) is 10.0 Å². The van der Waals surface area contributed by atoms with E-state index >= 15 is 0 Å². The predicted octanol–water partition coefficient (Wildman–Crippen LogP) is 1.15. The monoisotopic (exact) mass is 287 g/mol. The van der Waals surface area contributed by atoms with Crippen molar-refractivity contribution in [3.8, 4) is 0 Å². The van der Waals surface area contributed by atoms with E-state index in [0.29, 0.717) is 5.69 Å². The van der Waals surface area contributed by atoms with Gasteiger partial charge in [0.15, 0.2) is 0 Å². The Labute approximate surface area is 112 Å². The normalized spacial score (nSPS) is 20.6. The van der Waals surface area contributed by atoms with E-state index in [4.69, 9.17) is 5.84 Å². The predicted molar refractivity (Wildman–Crippen MR) is 74.9 cm³/mol. The molecule has 2 rings (SSSR count). The van der Waals surface area contributed by atoms with E-state index in [1.165, 1.54) is 0 Å². The molecule has 0 saturated carbocycles. The second-order valence-corrected chi connectivity index (χ2v) is 7.07. The van der Waals surface area contributed by atoms with E-state index in [1.54, 1.807) is 36.0 Å². The number of hydrogen-bond donors (Lipinski definition) is 3. The van der Waals surface area contributed by atoms with Gasteiger partial charge in [-0.2, -0.15) is 11.8 Å². The second-order valence-electron chi connectivity index (χ2n) is 4.20. The van der Waals surface area contributed by atoms with Crippen LogP contribution in [0.2, 0.25) is 0 Å². The number of benzene rings is 1. The molecular formula is C11H17N3O2S2. The maximum Gasteiger partial charge on any atom is 0.240 e. The lowest BCUT2D eigenvalue weighted by molar-refractivity contribution is 0.543. The average Bonchev–Trinajstić information content (AvgIpc) is 2.39. The number of thioether (sulfide) groups is 1. The largest absolute Gasteiger partial charge is 0.324 e. The molecule has 1 aromatic carbocycles. The number of hydrazine groups is 1. The first-order valence-electron chi connectivity index (χ1n) is 5.78. The molecule has 5 nitrogen and oxygen atoms in total. The fourth-order valence-electron chi connectivity index (χ4n) is 1.85. The maximum absolute atomic E-state index is 12.1. The Balaban J connectivity index is 2.08. The summed E-state index contributed by atoms with van der Waals surface area (Å²) in [5.74, 6) is 7.21. The van der Waals surface area contributed by atoms with E-state index in [2.05, 4.69) is 10.1 Å². The van der Waals surface area contributed by atoms with Crippen molar-refractivity contribution in [3.63, 3.8) is 0 Å². The highest BCUT2D eigenvalue weighted by Crippen LogP contribution is 2.20. The summed E-state index contributed by atoms with van der Waals surface area (Å²) in [5, 5.41) is 0. The molecule has 0 aromatic heterocycles. The SMILES string of the molecule is NNc1ccc(S(=O)(=O)NC2CCCSC2)cc1. The van der Waals surface area contributed by atoms with Gasteiger partial charge in [-0.1, -0.05) is 0 Å². The van der Waals surface area contributed by atoms with E-state index < -0.39 is 10.0 Å². The van der Waals surface area contributed by atoms with Gasteiger partial charge in [0.1, 0.15) is 0 Å². The Bertz CT molecular complexity index is 482. The Morgan fingerprint density at radius 2 is 2.00 bits per heavy atom. The smallest absolute Gasteiger partial charge is 0.240 e. The molecule has 0 aliphatic carbocycles. The van der Waals surface area contributed by atoms with Gasteiger partial charge in [0.2, 0.25) is 10.0 Å². The van der Waals surface area contributed by atoms with Gasteiger partial charge in [-0.05, 0) is 42.9 Å². The maximum atomic E-state index is 12.1. The van der Waals surface area contributed by atoms with Crippen molar-refractivity contribution in [2.24, 2.45) is 5.84 Å². The molecule has 1 saturated heterocycles. The number of anilines is 1. The molecule has 100 valence electrons. The van der Waals surface area contributed by atoms with Crippen LogP contribution in [0.15, 0.2) is 29.2 Å². The van der Waals surface area contributed by atoms with Gasteiger partial charge >= 0.3 is 0 Å². The van der Waals surface area contributed by atoms with E-state index in [0.717, 1.165) is 24.3 Å². The number of nitrogen functional groups attached to an aromatic ring is 1. The third-order valence-electron chi connectivity index (χ3n) is 2.81. The van der Waals surface area contributed by atoms with Crippen molar-refractivity contribution in [3.05, 3.63) is 24.3 Å². The summed E-state index contributed by atoms with van der Waals surface area (Å²) in [6.45, 7) is 0. The summed E-state index contributed by atoms with van der Waals surface area (Å²) in [6, 6.07) is 6.43. The minimum absolute atomic E-state index is 0.0426. The van der Waals surface area contributed by atoms with Crippen molar-refractivity contribution >= 4 is 27.5 Å². The first kappa shape index (κ1) is 13.7. The van der Waals surface area contributed by atoms with Gasteiger partial charge < -0.3 is 5.43 Å². The van der Waals surface area contributed by atoms with Gasteiger partial charge in [0.05, 0.1) is 4.90 Å². The number of rotatable bonds is 4. The van der Waals surface area contributed by atoms with Crippen LogP contribution in [0.1, 0.15) is 12.8 Å². The van der Waals surface area contributed by atoms with Crippen molar-refractivity contribution in [2.45, 2.75) is 23.8 Å². The highest BCUT2D eigenvalue weighted by Gasteiger charge is 2.21. The molecule has 0 radical (unpaired) electrons. The summed E-state index contributed by atoms with van der Waals surface area (Å²) < 4.78 is 27.0. The van der Waals surface area contributed by atoms with Crippen LogP contribution in [-0.4, -0.2) is 26.0 Å². The lowest BCUT2D eigenvalue weighted by Gasteiger charge is -2.22. The quantitative estimate of drug-likeness (QED) is 0.571. The van der Waals surface area contributed by atoms with Crippen LogP contribution in [0.5, 0.6) is 0 Å². The highest BCUT2D eigenvalue weighted by atomic mass is 32.2. The summed E-state index contributed by atoms with van der Waals surface area (Å²) in [4.78, 5) is 0.275. The summed E-state index contributed by atoms with van der Waals surface area (Å²) in [7, 11) is -3.42. The lowest BCUT2D eigenvalue weighted by atomic mass is 10.2. The van der Waals surface area contributed by atoms with Crippen molar-refractivity contribution in [1.82, 2.24) is 4.72 Å². The highest BCUT2D eigenvalue weighted by molar-refractivity contribution is 7.99. The zero-order chi connectivity index (χ0) is 13.0. The standard InChI is InChI=1S/C11H17N3O2S2/c12-13-9-3-5-11(6-4-9)18(15,16)14-10-2-1-7-17-8-10/h3-6,10,13-14H,1-2,7-8,12H2. The number of nitrogens with two attached hydrogens (primary N) is 1. The fourth-order valence-corrected chi connectivity index (χ4v) is 4.30. The molecule has 1 aromatic rings. The topological polar surface area (TPSA) is 84.2 Å². The molecular weight excluding hydrogens is 270 g/mol. The second kappa shape index (κ2) is 5.92. The molecule has 0 bridgehead atoms. The van der Waals surface area contributed by atoms with E-state index in [1.807, 2.05) is 0 Å². The Morgan fingerprint density at radius 3 is 2.56 bits per heavy atom. The van der Waals surface area contributed by atoms with Crippen molar-refractivity contribution in [1.29, 1.82) is 0 Å². The zero-order valence-electron chi connectivity index (χ0n) is 9.93. The van der Waals surface area contributed by atoms with E-state index in [9.17, 15) is 8.42 Å². The lowest BCUT2D eigenvalue weighted by Crippen LogP contribution is -2.38. The minimum Gasteiger partial charge on any atom is -0.324 e. The molecule has 1 fully saturated rings. The van der Waals surface area contributed by atoms with Crippen molar-refractivity contribution in [2.75, 3.05) is 16.9 Å². The molecule has 1 heterocycles. The Hall–Kier alpha value is -0.760. The van der Waals surface area contributed by atoms with Gasteiger partial charge in [0.25, 0.3) is 0 Å². The van der Waals surface area contributed by atoms with Gasteiger partial charge in [0, 0.05) is 17.5 Å². The molecule has 1 atom stereocenters. The van der Waals surface area contributed by atoms with Crippen LogP contribution in [0.25, 0.3) is 0 Å². The van der Waals surface area contributed by atoms with Gasteiger partial charge in [-0.15, -0.1) is 0 Å². The fraction of sp³-hybridized carbons (Fsp3) is 0.455. The molecule has 1 unspecified atom stereocenters. The summed E-state index contributed by atoms with van der Waals surface area (Å²) in [6.07, 6.45) is 1.97. The third kappa shape index (κ3) is 3.38. The number of sulfonamides is 1. The minimum atomic E-state index is -3.42.